The van der Waals surface area contributed by atoms with E-state index < -0.39 is 0 Å². The van der Waals surface area contributed by atoms with E-state index >= 15 is 0 Å². The molecular weight excluding hydrogens is 270 g/mol. The lowest BCUT2D eigenvalue weighted by molar-refractivity contribution is 0.698. The largest absolute Gasteiger partial charge is 0.805 e. The summed E-state index contributed by atoms with van der Waals surface area (Å²) >= 11 is 6.05. The molecule has 18 heavy (non-hydrogen) atoms. The highest BCUT2D eigenvalue weighted by Gasteiger charge is 2.04. The highest BCUT2D eigenvalue weighted by Crippen LogP contribution is 2.16. The number of pyridine rings is 1. The summed E-state index contributed by atoms with van der Waals surface area (Å²) in [6.45, 7) is 1.89. The van der Waals surface area contributed by atoms with Crippen LogP contribution in [0.25, 0.3) is 0 Å². The minimum absolute atomic E-state index is 0.213. The highest BCUT2D eigenvalue weighted by molar-refractivity contribution is 7.56. The molecule has 0 N–H and O–H groups in total. The summed E-state index contributed by atoms with van der Waals surface area (Å²) in [7, 11) is 0. The Hall–Kier alpha value is -1.52. The zero-order chi connectivity index (χ0) is 13.1. The summed E-state index contributed by atoms with van der Waals surface area (Å²) in [5.74, 6) is 0. The van der Waals surface area contributed by atoms with Crippen LogP contribution in [0.3, 0.4) is 0 Å². The Morgan fingerprint density at radius 1 is 1.28 bits per heavy atom. The zero-order valence-electron chi connectivity index (χ0n) is 9.72. The monoisotopic (exact) mass is 280 g/mol. The van der Waals surface area contributed by atoms with Crippen molar-refractivity contribution in [3.63, 3.8) is 0 Å². The molecule has 94 valence electrons. The van der Waals surface area contributed by atoms with E-state index in [-0.39, 0.29) is 15.9 Å². The Morgan fingerprint density at radius 2 is 1.94 bits per heavy atom. The van der Waals surface area contributed by atoms with Gasteiger partial charge in [0.15, 0.2) is 0 Å². The molecule has 0 radical (unpaired) electrons. The normalized spacial score (nSPS) is 10.3. The number of halogens is 1. The minimum Gasteiger partial charge on any atom is -0.805 e. The Labute approximate surface area is 113 Å². The van der Waals surface area contributed by atoms with Crippen molar-refractivity contribution in [1.82, 2.24) is 4.73 Å². The van der Waals surface area contributed by atoms with E-state index in [4.69, 9.17) is 11.6 Å². The van der Waals surface area contributed by atoms with Crippen molar-refractivity contribution in [1.29, 1.82) is 0 Å². The van der Waals surface area contributed by atoms with Crippen molar-refractivity contribution in [2.24, 2.45) is 0 Å². The van der Waals surface area contributed by atoms with E-state index in [9.17, 15) is 9.42 Å². The van der Waals surface area contributed by atoms with Crippen LogP contribution in [-0.2, 0) is 17.7 Å². The van der Waals surface area contributed by atoms with Gasteiger partial charge in [-0.05, 0) is 48.0 Å². The maximum Gasteiger partial charge on any atom is 0.135 e. The fourth-order valence-electron chi connectivity index (χ4n) is 1.76. The smallest absolute Gasteiger partial charge is 0.135 e. The fourth-order valence-corrected chi connectivity index (χ4v) is 2.35. The number of nitrogens with zero attached hydrogens (tertiary/aromatic N) is 1. The topological polar surface area (TPSA) is 45.1 Å². The quantitative estimate of drug-likeness (QED) is 0.794. The second-order valence-corrected chi connectivity index (χ2v) is 4.98. The van der Waals surface area contributed by atoms with Crippen LogP contribution in [0.1, 0.15) is 16.7 Å². The molecule has 0 unspecified atom stereocenters. The Morgan fingerprint density at radius 3 is 2.56 bits per heavy atom. The number of hydrogen-bond donors (Lipinski definition) is 0. The molecule has 0 fully saturated rings. The Kier molecular flexibility index (Phi) is 3.89. The molecule has 1 aromatic carbocycles. The third-order valence-corrected chi connectivity index (χ3v) is 3.60. The van der Waals surface area contributed by atoms with Crippen LogP contribution >= 0.6 is 11.6 Å². The molecule has 2 rings (SSSR count). The SMILES string of the molecule is Cc1ccn([O-])c(=S=O)c1Cc1ccc(Cl)cc1. The van der Waals surface area contributed by atoms with Crippen LogP contribution in [0.2, 0.25) is 5.02 Å². The van der Waals surface area contributed by atoms with Crippen molar-refractivity contribution in [2.75, 3.05) is 0 Å². The molecule has 1 aromatic heterocycles. The van der Waals surface area contributed by atoms with Crippen LogP contribution in [0.5, 0.6) is 0 Å². The lowest BCUT2D eigenvalue weighted by Crippen LogP contribution is -2.01. The first kappa shape index (κ1) is 12.9. The van der Waals surface area contributed by atoms with Crippen molar-refractivity contribution in [3.05, 3.63) is 68.1 Å². The molecule has 0 aliphatic heterocycles. The fraction of sp³-hybridized carbons (Fsp3) is 0.154. The van der Waals surface area contributed by atoms with E-state index in [0.717, 1.165) is 16.7 Å². The zero-order valence-corrected chi connectivity index (χ0v) is 11.3. The minimum atomic E-state index is 0.213. The van der Waals surface area contributed by atoms with Crippen molar-refractivity contribution in [2.45, 2.75) is 13.3 Å². The highest BCUT2D eigenvalue weighted by atomic mass is 35.5. The van der Waals surface area contributed by atoms with Gasteiger partial charge in [-0.1, -0.05) is 23.7 Å². The lowest BCUT2D eigenvalue weighted by atomic mass is 10.0. The summed E-state index contributed by atoms with van der Waals surface area (Å²) in [5.41, 5.74) is 2.73. The number of benzene rings is 1. The van der Waals surface area contributed by atoms with E-state index in [0.29, 0.717) is 16.2 Å². The van der Waals surface area contributed by atoms with Gasteiger partial charge in [-0.2, -0.15) is 0 Å². The summed E-state index contributed by atoms with van der Waals surface area (Å²) in [6.07, 6.45) is 1.91. The maximum absolute atomic E-state index is 11.5. The van der Waals surface area contributed by atoms with E-state index in [1.807, 2.05) is 19.1 Å². The second kappa shape index (κ2) is 5.42. The third kappa shape index (κ3) is 2.66. The molecule has 0 aliphatic carbocycles. The Balaban J connectivity index is 2.49. The molecular formula is C13H11ClNO2S-. The molecule has 1 heterocycles. The summed E-state index contributed by atoms with van der Waals surface area (Å²) in [6, 6.07) is 9.10. The van der Waals surface area contributed by atoms with Crippen LogP contribution in [0.15, 0.2) is 36.5 Å². The van der Waals surface area contributed by atoms with Gasteiger partial charge in [0.2, 0.25) is 0 Å². The van der Waals surface area contributed by atoms with Crippen LogP contribution in [0.4, 0.5) is 0 Å². The number of aromatic nitrogens is 1. The molecule has 0 atom stereocenters. The van der Waals surface area contributed by atoms with Crippen LogP contribution in [-0.4, -0.2) is 8.94 Å². The van der Waals surface area contributed by atoms with Gasteiger partial charge < -0.3 is 9.94 Å². The van der Waals surface area contributed by atoms with Crippen molar-refractivity contribution >= 4 is 22.9 Å². The average Bonchev–Trinajstić information content (AvgIpc) is 2.37. The molecule has 0 spiro atoms. The number of rotatable bonds is 2. The van der Waals surface area contributed by atoms with Gasteiger partial charge in [0.05, 0.1) is 0 Å². The van der Waals surface area contributed by atoms with Gasteiger partial charge in [0, 0.05) is 11.4 Å². The first-order valence-corrected chi connectivity index (χ1v) is 6.49. The second-order valence-electron chi connectivity index (χ2n) is 3.99. The first-order chi connectivity index (χ1) is 8.61. The predicted octanol–water partition coefficient (Wildman–Crippen LogP) is 3.13. The van der Waals surface area contributed by atoms with Crippen LogP contribution < -0.4 is 0 Å². The van der Waals surface area contributed by atoms with Gasteiger partial charge in [-0.15, -0.1) is 0 Å². The van der Waals surface area contributed by atoms with E-state index in [1.165, 1.54) is 6.20 Å². The molecule has 0 bridgehead atoms. The summed E-state index contributed by atoms with van der Waals surface area (Å²) in [4.78, 5) is 0. The standard InChI is InChI=1S/C13H11ClNO2S/c1-9-6-7-15(16)13(18-17)12(9)8-10-2-4-11(14)5-3-10/h2-7H,8H2,1H3/q-1. The van der Waals surface area contributed by atoms with E-state index in [2.05, 4.69) is 0 Å². The molecule has 2 aromatic rings. The number of hydrogen-bond acceptors (Lipinski definition) is 2. The first-order valence-electron chi connectivity index (χ1n) is 5.37. The predicted molar refractivity (Wildman–Crippen MR) is 73.6 cm³/mol. The third-order valence-electron chi connectivity index (χ3n) is 2.77. The maximum atomic E-state index is 11.5. The molecule has 0 saturated carbocycles. The molecule has 5 heteroatoms. The van der Waals surface area contributed by atoms with Crippen LogP contribution in [0, 0.1) is 16.8 Å². The van der Waals surface area contributed by atoms with E-state index in [1.54, 1.807) is 18.2 Å². The lowest BCUT2D eigenvalue weighted by Gasteiger charge is -2.15. The van der Waals surface area contributed by atoms with Gasteiger partial charge in [0.1, 0.15) is 15.9 Å². The Bertz CT molecular complexity index is 658. The average molecular weight is 281 g/mol. The summed E-state index contributed by atoms with van der Waals surface area (Å²) < 4.78 is 11.9. The molecule has 0 amide bonds. The number of aryl methyl sites for hydroxylation is 1. The van der Waals surface area contributed by atoms with Gasteiger partial charge in [-0.25, -0.2) is 4.21 Å². The van der Waals surface area contributed by atoms with Crippen molar-refractivity contribution in [3.8, 4) is 0 Å². The molecule has 0 aliphatic rings. The molecule has 3 nitrogen and oxygen atoms in total. The summed E-state index contributed by atoms with van der Waals surface area (Å²) in [5, 5.41) is 12.2. The van der Waals surface area contributed by atoms with Crippen molar-refractivity contribution < 1.29 is 4.21 Å². The van der Waals surface area contributed by atoms with Gasteiger partial charge >= 0.3 is 0 Å². The molecule has 0 saturated heterocycles. The van der Waals surface area contributed by atoms with Gasteiger partial charge in [0.25, 0.3) is 0 Å². The van der Waals surface area contributed by atoms with Gasteiger partial charge in [-0.3, -0.25) is 0 Å².